The summed E-state index contributed by atoms with van der Waals surface area (Å²) in [5, 5.41) is 15.0. The van der Waals surface area contributed by atoms with Crippen molar-refractivity contribution >= 4 is 17.3 Å². The van der Waals surface area contributed by atoms with E-state index in [1.165, 1.54) is 24.3 Å². The molecule has 0 fully saturated rings. The van der Waals surface area contributed by atoms with E-state index < -0.39 is 10.8 Å². The van der Waals surface area contributed by atoms with Crippen LogP contribution in [0.1, 0.15) is 29.3 Å². The monoisotopic (exact) mass is 355 g/mol. The standard InChI is InChI=1S/C18H17N3O5/c1-2-15(12-6-7-16-17(11-12)26-9-8-25-16)19-20-18(22)13-4-3-5-14(10-13)21(23)24/h3-7,10-11H,2,8-9H2,1H3,(H,20,22)/b19-15-. The number of carbonyl (C=O) groups is 1. The number of hydrogen-bond donors (Lipinski definition) is 1. The molecule has 2 aromatic rings. The predicted molar refractivity (Wildman–Crippen MR) is 94.8 cm³/mol. The molecule has 8 nitrogen and oxygen atoms in total. The van der Waals surface area contributed by atoms with E-state index in [2.05, 4.69) is 10.5 Å². The molecule has 2 aromatic carbocycles. The van der Waals surface area contributed by atoms with Crippen molar-refractivity contribution in [3.63, 3.8) is 0 Å². The zero-order chi connectivity index (χ0) is 18.5. The van der Waals surface area contributed by atoms with Gasteiger partial charge in [-0.3, -0.25) is 14.9 Å². The molecule has 134 valence electrons. The molecule has 1 N–H and O–H groups in total. The van der Waals surface area contributed by atoms with Gasteiger partial charge in [0.05, 0.1) is 10.6 Å². The molecule has 0 spiro atoms. The van der Waals surface area contributed by atoms with Gasteiger partial charge in [-0.05, 0) is 30.7 Å². The second-order valence-corrected chi connectivity index (χ2v) is 5.52. The van der Waals surface area contributed by atoms with Gasteiger partial charge in [-0.2, -0.15) is 5.10 Å². The molecule has 1 aliphatic rings. The van der Waals surface area contributed by atoms with E-state index in [0.717, 1.165) is 5.56 Å². The Balaban J connectivity index is 1.78. The van der Waals surface area contributed by atoms with E-state index >= 15 is 0 Å². The fourth-order valence-electron chi connectivity index (χ4n) is 2.51. The molecule has 3 rings (SSSR count). The summed E-state index contributed by atoms with van der Waals surface area (Å²) >= 11 is 0. The minimum absolute atomic E-state index is 0.149. The molecule has 0 aromatic heterocycles. The zero-order valence-electron chi connectivity index (χ0n) is 14.1. The van der Waals surface area contributed by atoms with Gasteiger partial charge in [0.25, 0.3) is 11.6 Å². The molecular weight excluding hydrogens is 338 g/mol. The number of hydrogen-bond acceptors (Lipinski definition) is 6. The number of non-ortho nitro benzene ring substituents is 1. The minimum Gasteiger partial charge on any atom is -0.486 e. The summed E-state index contributed by atoms with van der Waals surface area (Å²) < 4.78 is 11.0. The van der Waals surface area contributed by atoms with Gasteiger partial charge in [-0.1, -0.05) is 13.0 Å². The van der Waals surface area contributed by atoms with E-state index in [9.17, 15) is 14.9 Å². The second kappa shape index (κ2) is 7.64. The highest BCUT2D eigenvalue weighted by Crippen LogP contribution is 2.31. The van der Waals surface area contributed by atoms with Crippen LogP contribution in [0.3, 0.4) is 0 Å². The lowest BCUT2D eigenvalue weighted by Crippen LogP contribution is -2.20. The smallest absolute Gasteiger partial charge is 0.271 e. The van der Waals surface area contributed by atoms with Crippen molar-refractivity contribution in [2.45, 2.75) is 13.3 Å². The predicted octanol–water partition coefficient (Wildman–Crippen LogP) is 2.91. The maximum Gasteiger partial charge on any atom is 0.271 e. The molecule has 0 saturated heterocycles. The van der Waals surface area contributed by atoms with Crippen LogP contribution in [0.25, 0.3) is 0 Å². The Morgan fingerprint density at radius 2 is 1.92 bits per heavy atom. The van der Waals surface area contributed by atoms with Crippen molar-refractivity contribution in [1.82, 2.24) is 5.43 Å². The van der Waals surface area contributed by atoms with Gasteiger partial charge in [-0.15, -0.1) is 0 Å². The summed E-state index contributed by atoms with van der Waals surface area (Å²) in [5.74, 6) is 0.799. The Kier molecular flexibility index (Phi) is 5.12. The largest absolute Gasteiger partial charge is 0.486 e. The average Bonchev–Trinajstić information content (AvgIpc) is 2.68. The van der Waals surface area contributed by atoms with E-state index in [0.29, 0.717) is 36.8 Å². The summed E-state index contributed by atoms with van der Waals surface area (Å²) in [6, 6.07) is 10.9. The third kappa shape index (κ3) is 3.80. The highest BCUT2D eigenvalue weighted by atomic mass is 16.6. The summed E-state index contributed by atoms with van der Waals surface area (Å²) in [4.78, 5) is 22.5. The normalized spacial score (nSPS) is 13.2. The fourth-order valence-corrected chi connectivity index (χ4v) is 2.51. The van der Waals surface area contributed by atoms with E-state index in [4.69, 9.17) is 9.47 Å². The molecule has 26 heavy (non-hydrogen) atoms. The first-order valence-corrected chi connectivity index (χ1v) is 8.10. The highest BCUT2D eigenvalue weighted by Gasteiger charge is 2.15. The van der Waals surface area contributed by atoms with Crippen LogP contribution in [0, 0.1) is 10.1 Å². The van der Waals surface area contributed by atoms with Crippen LogP contribution in [-0.2, 0) is 0 Å². The Bertz CT molecular complexity index is 879. The number of rotatable bonds is 5. The Labute approximate surface area is 149 Å². The molecule has 0 radical (unpaired) electrons. The third-order valence-corrected chi connectivity index (χ3v) is 3.82. The van der Waals surface area contributed by atoms with Gasteiger partial charge in [0.2, 0.25) is 0 Å². The molecule has 0 saturated carbocycles. The highest BCUT2D eigenvalue weighted by molar-refractivity contribution is 6.02. The van der Waals surface area contributed by atoms with Gasteiger partial charge in [0, 0.05) is 23.3 Å². The van der Waals surface area contributed by atoms with Crippen molar-refractivity contribution < 1.29 is 19.2 Å². The lowest BCUT2D eigenvalue weighted by molar-refractivity contribution is -0.384. The van der Waals surface area contributed by atoms with Crippen LogP contribution in [-0.4, -0.2) is 29.8 Å². The van der Waals surface area contributed by atoms with Crippen LogP contribution in [0.4, 0.5) is 5.69 Å². The molecule has 1 amide bonds. The SMILES string of the molecule is CC/C(=N/NC(=O)c1cccc([N+](=O)[O-])c1)c1ccc2c(c1)OCCO2. The first-order chi connectivity index (χ1) is 12.6. The van der Waals surface area contributed by atoms with Crippen molar-refractivity contribution in [2.24, 2.45) is 5.10 Å². The van der Waals surface area contributed by atoms with Crippen LogP contribution < -0.4 is 14.9 Å². The van der Waals surface area contributed by atoms with Crippen LogP contribution in [0.2, 0.25) is 0 Å². The van der Waals surface area contributed by atoms with Crippen LogP contribution >= 0.6 is 0 Å². The Morgan fingerprint density at radius 1 is 1.15 bits per heavy atom. The van der Waals surface area contributed by atoms with Gasteiger partial charge in [0.1, 0.15) is 13.2 Å². The lowest BCUT2D eigenvalue weighted by Gasteiger charge is -2.19. The summed E-state index contributed by atoms with van der Waals surface area (Å²) in [7, 11) is 0. The first kappa shape index (κ1) is 17.4. The maximum absolute atomic E-state index is 12.2. The molecule has 1 aliphatic heterocycles. The average molecular weight is 355 g/mol. The van der Waals surface area contributed by atoms with Crippen molar-refractivity contribution in [3.05, 3.63) is 63.7 Å². The van der Waals surface area contributed by atoms with Crippen molar-refractivity contribution in [3.8, 4) is 11.5 Å². The Hall–Kier alpha value is -3.42. The molecule has 0 aliphatic carbocycles. The quantitative estimate of drug-likeness (QED) is 0.505. The maximum atomic E-state index is 12.2. The van der Waals surface area contributed by atoms with Gasteiger partial charge in [0.15, 0.2) is 11.5 Å². The van der Waals surface area contributed by atoms with E-state index in [1.807, 2.05) is 19.1 Å². The second-order valence-electron chi connectivity index (χ2n) is 5.52. The summed E-state index contributed by atoms with van der Waals surface area (Å²) in [6.45, 7) is 2.91. The first-order valence-electron chi connectivity index (χ1n) is 8.10. The van der Waals surface area contributed by atoms with Crippen molar-refractivity contribution in [2.75, 3.05) is 13.2 Å². The number of nitro benzene ring substituents is 1. The molecule has 8 heteroatoms. The fraction of sp³-hybridized carbons (Fsp3) is 0.222. The minimum atomic E-state index is -0.549. The molecule has 0 bridgehead atoms. The number of nitrogens with one attached hydrogen (secondary N) is 1. The third-order valence-electron chi connectivity index (χ3n) is 3.82. The number of ether oxygens (including phenoxy) is 2. The molecule has 0 atom stereocenters. The molecular formula is C18H17N3O5. The number of fused-ring (bicyclic) bond motifs is 1. The number of carbonyl (C=O) groups excluding carboxylic acids is 1. The van der Waals surface area contributed by atoms with Gasteiger partial charge in [-0.25, -0.2) is 5.43 Å². The number of hydrazone groups is 1. The molecule has 0 unspecified atom stereocenters. The summed E-state index contributed by atoms with van der Waals surface area (Å²) in [5.41, 5.74) is 3.92. The lowest BCUT2D eigenvalue weighted by atomic mass is 10.1. The zero-order valence-corrected chi connectivity index (χ0v) is 14.1. The van der Waals surface area contributed by atoms with Gasteiger partial charge >= 0.3 is 0 Å². The topological polar surface area (TPSA) is 103 Å². The number of nitrogens with zero attached hydrogens (tertiary/aromatic N) is 2. The number of amides is 1. The van der Waals surface area contributed by atoms with Crippen LogP contribution in [0.5, 0.6) is 11.5 Å². The summed E-state index contributed by atoms with van der Waals surface area (Å²) in [6.07, 6.45) is 0.578. The van der Waals surface area contributed by atoms with Crippen LogP contribution in [0.15, 0.2) is 47.6 Å². The molecule has 1 heterocycles. The van der Waals surface area contributed by atoms with Gasteiger partial charge < -0.3 is 9.47 Å². The number of nitro groups is 1. The van der Waals surface area contributed by atoms with Crippen molar-refractivity contribution in [1.29, 1.82) is 0 Å². The number of benzene rings is 2. The van der Waals surface area contributed by atoms with E-state index in [1.54, 1.807) is 6.07 Å². The van der Waals surface area contributed by atoms with E-state index in [-0.39, 0.29) is 11.3 Å². The Morgan fingerprint density at radius 3 is 2.65 bits per heavy atom.